The molecule has 3 nitrogen and oxygen atoms in total. The molecule has 3 aromatic carbocycles. The Hall–Kier alpha value is -3.45. The largest absolute Gasteiger partial charge is 0.421 e. The molecular weight excluding hydrogens is 504 g/mol. The average molecular weight is 535 g/mol. The monoisotopic (exact) mass is 534 g/mol. The van der Waals surface area contributed by atoms with Gasteiger partial charge in [0.2, 0.25) is 0 Å². The third kappa shape index (κ3) is 4.18. The Balaban J connectivity index is 1.52. The molecule has 3 atom stereocenters. The molecule has 7 heteroatoms. The summed E-state index contributed by atoms with van der Waals surface area (Å²) in [5.41, 5.74) is 1.04. The Morgan fingerprint density at radius 3 is 2.51 bits per heavy atom. The minimum atomic E-state index is -4.77. The zero-order valence-corrected chi connectivity index (χ0v) is 21.7. The van der Waals surface area contributed by atoms with E-state index in [1.54, 1.807) is 47.3 Å². The quantitative estimate of drug-likeness (QED) is 0.271. The maximum atomic E-state index is 14.5. The highest BCUT2D eigenvalue weighted by Gasteiger charge is 2.63. The van der Waals surface area contributed by atoms with E-state index in [-0.39, 0.29) is 30.1 Å². The topological polar surface area (TPSA) is 38.1 Å². The van der Waals surface area contributed by atoms with Crippen LogP contribution in [0.5, 0.6) is 0 Å². The summed E-state index contributed by atoms with van der Waals surface area (Å²) in [6.07, 6.45) is 1.04. The number of alkyl halides is 3. The molecule has 4 aromatic rings. The van der Waals surface area contributed by atoms with E-state index < -0.39 is 17.2 Å². The highest BCUT2D eigenvalue weighted by Crippen LogP contribution is 2.59. The standard InChI is InChI=1S/C32H30F4N2O/c1-2-30-18-25(15-21-7-4-3-5-8-21)31(39,32(34,35)36)19-24(30)10-6-9-22-17-29-23(16-28(22)30)20-37-38(29)27-13-11-26(33)12-14-27/h3-5,7-8,11-17,20,24,39H,2,6,9-10,18-19H2,1H3/b25-15+/t24-,30-,31+/m1/s1. The summed E-state index contributed by atoms with van der Waals surface area (Å²) in [5, 5.41) is 16.8. The van der Waals surface area contributed by atoms with Crippen molar-refractivity contribution in [1.29, 1.82) is 0 Å². The fourth-order valence-corrected chi connectivity index (χ4v) is 6.94. The van der Waals surface area contributed by atoms with E-state index in [1.807, 2.05) is 13.0 Å². The van der Waals surface area contributed by atoms with E-state index >= 15 is 0 Å². The number of aryl methyl sites for hydroxylation is 1. The molecule has 0 bridgehead atoms. The van der Waals surface area contributed by atoms with Gasteiger partial charge in [-0.25, -0.2) is 9.07 Å². The highest BCUT2D eigenvalue weighted by atomic mass is 19.4. The van der Waals surface area contributed by atoms with Crippen LogP contribution in [0.1, 0.15) is 55.7 Å². The molecule has 202 valence electrons. The molecule has 2 aliphatic carbocycles. The summed E-state index contributed by atoms with van der Waals surface area (Å²) in [6.45, 7) is 2.05. The lowest BCUT2D eigenvalue weighted by molar-refractivity contribution is -0.258. The Labute approximate surface area is 224 Å². The van der Waals surface area contributed by atoms with Crippen molar-refractivity contribution in [1.82, 2.24) is 9.78 Å². The van der Waals surface area contributed by atoms with E-state index in [0.29, 0.717) is 18.4 Å². The number of rotatable bonds is 3. The van der Waals surface area contributed by atoms with Gasteiger partial charge < -0.3 is 5.11 Å². The number of aromatic nitrogens is 2. The van der Waals surface area contributed by atoms with Crippen LogP contribution in [0.2, 0.25) is 0 Å². The van der Waals surface area contributed by atoms with Crippen LogP contribution in [0.3, 0.4) is 0 Å². The lowest BCUT2D eigenvalue weighted by Crippen LogP contribution is -2.56. The van der Waals surface area contributed by atoms with Crippen molar-refractivity contribution >= 4 is 17.0 Å². The number of fused-ring (bicyclic) bond motifs is 4. The Morgan fingerprint density at radius 2 is 1.82 bits per heavy atom. The summed E-state index contributed by atoms with van der Waals surface area (Å²) in [7, 11) is 0. The van der Waals surface area contributed by atoms with Crippen LogP contribution in [-0.2, 0) is 11.8 Å². The maximum Gasteiger partial charge on any atom is 0.421 e. The van der Waals surface area contributed by atoms with Crippen LogP contribution < -0.4 is 0 Å². The minimum absolute atomic E-state index is 0.0225. The number of aliphatic hydroxyl groups is 1. The van der Waals surface area contributed by atoms with Crippen molar-refractivity contribution in [2.24, 2.45) is 5.92 Å². The van der Waals surface area contributed by atoms with E-state index in [9.17, 15) is 22.7 Å². The van der Waals surface area contributed by atoms with Gasteiger partial charge in [0.1, 0.15) is 5.82 Å². The van der Waals surface area contributed by atoms with Gasteiger partial charge in [-0.2, -0.15) is 18.3 Å². The van der Waals surface area contributed by atoms with Crippen LogP contribution >= 0.6 is 0 Å². The molecule has 0 saturated heterocycles. The normalized spacial score (nSPS) is 26.3. The van der Waals surface area contributed by atoms with Crippen LogP contribution in [0.15, 0.2) is 78.5 Å². The van der Waals surface area contributed by atoms with Crippen molar-refractivity contribution in [2.45, 2.75) is 62.6 Å². The number of nitrogens with zero attached hydrogens (tertiary/aromatic N) is 2. The van der Waals surface area contributed by atoms with Crippen molar-refractivity contribution in [3.05, 3.63) is 101 Å². The maximum absolute atomic E-state index is 14.5. The lowest BCUT2D eigenvalue weighted by atomic mass is 9.55. The number of hydrogen-bond donors (Lipinski definition) is 1. The average Bonchev–Trinajstić information content (AvgIpc) is 3.26. The SMILES string of the molecule is CC[C@@]12C/C(=C\c3ccccc3)[C@](O)(C(F)(F)F)C[C@H]1CCCc1cc3c(cnn3-c3ccc(F)cc3)cc12. The predicted molar refractivity (Wildman–Crippen MR) is 144 cm³/mol. The van der Waals surface area contributed by atoms with Gasteiger partial charge in [-0.15, -0.1) is 0 Å². The Morgan fingerprint density at radius 1 is 1.08 bits per heavy atom. The van der Waals surface area contributed by atoms with E-state index in [4.69, 9.17) is 0 Å². The molecule has 0 aliphatic heterocycles. The number of hydrogen-bond acceptors (Lipinski definition) is 2. The first kappa shape index (κ1) is 25.8. The van der Waals surface area contributed by atoms with Crippen molar-refractivity contribution < 1.29 is 22.7 Å². The van der Waals surface area contributed by atoms with Gasteiger partial charge in [0.15, 0.2) is 5.60 Å². The van der Waals surface area contributed by atoms with Gasteiger partial charge in [0.25, 0.3) is 0 Å². The third-order valence-corrected chi connectivity index (χ3v) is 9.00. The molecule has 1 N–H and O–H groups in total. The zero-order chi connectivity index (χ0) is 27.4. The summed E-state index contributed by atoms with van der Waals surface area (Å²) >= 11 is 0. The van der Waals surface area contributed by atoms with Gasteiger partial charge in [-0.05, 0) is 103 Å². The lowest BCUT2D eigenvalue weighted by Gasteiger charge is -2.51. The Bertz CT molecular complexity index is 1540. The number of halogens is 4. The minimum Gasteiger partial charge on any atom is -0.376 e. The van der Waals surface area contributed by atoms with Crippen LogP contribution in [0, 0.1) is 11.7 Å². The van der Waals surface area contributed by atoms with Crippen LogP contribution in [0.4, 0.5) is 17.6 Å². The second-order valence-corrected chi connectivity index (χ2v) is 11.0. The molecular formula is C32H30F4N2O. The highest BCUT2D eigenvalue weighted by molar-refractivity contribution is 5.83. The zero-order valence-electron chi connectivity index (χ0n) is 21.7. The van der Waals surface area contributed by atoms with Crippen LogP contribution in [0.25, 0.3) is 22.7 Å². The first-order valence-electron chi connectivity index (χ1n) is 13.5. The summed E-state index contributed by atoms with van der Waals surface area (Å²) < 4.78 is 58.9. The van der Waals surface area contributed by atoms with E-state index in [2.05, 4.69) is 17.2 Å². The number of benzene rings is 3. The molecule has 0 amide bonds. The molecule has 1 heterocycles. The summed E-state index contributed by atoms with van der Waals surface area (Å²) in [6, 6.07) is 19.3. The molecule has 0 spiro atoms. The molecule has 1 fully saturated rings. The van der Waals surface area contributed by atoms with Gasteiger partial charge in [0, 0.05) is 10.8 Å². The molecule has 6 rings (SSSR count). The first-order chi connectivity index (χ1) is 18.6. The Kier molecular flexibility index (Phi) is 6.18. The van der Waals surface area contributed by atoms with Gasteiger partial charge in [-0.3, -0.25) is 0 Å². The van der Waals surface area contributed by atoms with Gasteiger partial charge >= 0.3 is 6.18 Å². The first-order valence-corrected chi connectivity index (χ1v) is 13.5. The molecule has 39 heavy (non-hydrogen) atoms. The van der Waals surface area contributed by atoms with E-state index in [0.717, 1.165) is 40.6 Å². The summed E-state index contributed by atoms with van der Waals surface area (Å²) in [4.78, 5) is 0. The van der Waals surface area contributed by atoms with E-state index in [1.165, 1.54) is 18.2 Å². The van der Waals surface area contributed by atoms with Crippen molar-refractivity contribution in [3.8, 4) is 5.69 Å². The van der Waals surface area contributed by atoms with Crippen molar-refractivity contribution in [2.75, 3.05) is 0 Å². The van der Waals surface area contributed by atoms with Crippen molar-refractivity contribution in [3.63, 3.8) is 0 Å². The molecule has 0 radical (unpaired) electrons. The fourth-order valence-electron chi connectivity index (χ4n) is 6.94. The second kappa shape index (κ2) is 9.33. The van der Waals surface area contributed by atoms with Gasteiger partial charge in [-0.1, -0.05) is 43.3 Å². The summed E-state index contributed by atoms with van der Waals surface area (Å²) in [5.74, 6) is -0.650. The smallest absolute Gasteiger partial charge is 0.376 e. The fraction of sp³-hybridized carbons (Fsp3) is 0.344. The third-order valence-electron chi connectivity index (χ3n) is 9.00. The molecule has 1 aromatic heterocycles. The predicted octanol–water partition coefficient (Wildman–Crippen LogP) is 7.94. The molecule has 1 saturated carbocycles. The molecule has 0 unspecified atom stereocenters. The molecule has 2 aliphatic rings. The van der Waals surface area contributed by atoms with Crippen LogP contribution in [-0.4, -0.2) is 26.7 Å². The second-order valence-electron chi connectivity index (χ2n) is 11.0. The van der Waals surface area contributed by atoms with Gasteiger partial charge in [0.05, 0.1) is 17.4 Å².